The molecule has 1 aliphatic heterocycles. The predicted molar refractivity (Wildman–Crippen MR) is 69.6 cm³/mol. The summed E-state index contributed by atoms with van der Waals surface area (Å²) in [5.74, 6) is 0.491. The van der Waals surface area contributed by atoms with Crippen LogP contribution in [-0.4, -0.2) is 35.4 Å². The first-order valence-corrected chi connectivity index (χ1v) is 6.60. The second-order valence-electron chi connectivity index (χ2n) is 4.39. The lowest BCUT2D eigenvalue weighted by Gasteiger charge is -2.32. The van der Waals surface area contributed by atoms with Gasteiger partial charge in [0, 0.05) is 30.0 Å². The van der Waals surface area contributed by atoms with Gasteiger partial charge in [-0.15, -0.1) is 0 Å². The molecule has 2 N–H and O–H groups in total. The zero-order valence-electron chi connectivity index (χ0n) is 9.60. The summed E-state index contributed by atoms with van der Waals surface area (Å²) < 4.78 is 0.829. The Morgan fingerprint density at radius 2 is 2.41 bits per heavy atom. The summed E-state index contributed by atoms with van der Waals surface area (Å²) in [7, 11) is 0. The lowest BCUT2D eigenvalue weighted by atomic mass is 9.98. The number of nitrogens with two attached hydrogens (primary N) is 1. The number of amides is 1. The number of pyridine rings is 1. The monoisotopic (exact) mass is 297 g/mol. The normalized spacial score (nSPS) is 20.4. The van der Waals surface area contributed by atoms with E-state index in [1.807, 2.05) is 4.90 Å². The number of hydrogen-bond acceptors (Lipinski definition) is 3. The molecule has 0 aromatic carbocycles. The van der Waals surface area contributed by atoms with Gasteiger partial charge >= 0.3 is 0 Å². The van der Waals surface area contributed by atoms with Crippen molar-refractivity contribution in [1.82, 2.24) is 9.88 Å². The first-order chi connectivity index (χ1) is 8.20. The van der Waals surface area contributed by atoms with Crippen LogP contribution < -0.4 is 5.73 Å². The van der Waals surface area contributed by atoms with Crippen LogP contribution in [0.4, 0.5) is 0 Å². The fourth-order valence-electron chi connectivity index (χ4n) is 2.15. The molecule has 0 radical (unpaired) electrons. The van der Waals surface area contributed by atoms with Gasteiger partial charge in [0.1, 0.15) is 0 Å². The fraction of sp³-hybridized carbons (Fsp3) is 0.500. The van der Waals surface area contributed by atoms with Crippen LogP contribution >= 0.6 is 15.9 Å². The minimum absolute atomic E-state index is 0.0527. The molecule has 1 saturated heterocycles. The summed E-state index contributed by atoms with van der Waals surface area (Å²) in [5, 5.41) is 0. The van der Waals surface area contributed by atoms with Crippen molar-refractivity contribution < 1.29 is 4.79 Å². The topological polar surface area (TPSA) is 59.2 Å². The molecule has 1 fully saturated rings. The number of nitrogens with zero attached hydrogens (tertiary/aromatic N) is 2. The highest BCUT2D eigenvalue weighted by Gasteiger charge is 2.23. The van der Waals surface area contributed by atoms with E-state index >= 15 is 0 Å². The lowest BCUT2D eigenvalue weighted by molar-refractivity contribution is 0.0677. The predicted octanol–water partition coefficient (Wildman–Crippen LogP) is 1.66. The van der Waals surface area contributed by atoms with Gasteiger partial charge in [-0.05, 0) is 47.3 Å². The van der Waals surface area contributed by atoms with E-state index in [2.05, 4.69) is 20.9 Å². The van der Waals surface area contributed by atoms with E-state index < -0.39 is 0 Å². The molecule has 1 unspecified atom stereocenters. The van der Waals surface area contributed by atoms with Crippen LogP contribution in [0.3, 0.4) is 0 Å². The highest BCUT2D eigenvalue weighted by molar-refractivity contribution is 9.10. The maximum Gasteiger partial charge on any atom is 0.255 e. The van der Waals surface area contributed by atoms with E-state index in [-0.39, 0.29) is 5.91 Å². The van der Waals surface area contributed by atoms with Crippen LogP contribution in [0.5, 0.6) is 0 Å². The molecule has 1 aromatic rings. The van der Waals surface area contributed by atoms with Gasteiger partial charge in [-0.2, -0.15) is 0 Å². The average Bonchev–Trinajstić information content (AvgIpc) is 2.38. The second-order valence-corrected chi connectivity index (χ2v) is 5.30. The first kappa shape index (κ1) is 12.5. The van der Waals surface area contributed by atoms with Crippen molar-refractivity contribution >= 4 is 21.8 Å². The molecule has 1 aromatic heterocycles. The Balaban J connectivity index is 2.09. The standard InChI is InChI=1S/C12H16BrN3O/c13-11-4-10(6-15-7-11)12(17)16-3-1-2-9(5-14)8-16/h4,6-7,9H,1-3,5,8,14H2. The van der Waals surface area contributed by atoms with Crippen molar-refractivity contribution in [1.29, 1.82) is 0 Å². The van der Waals surface area contributed by atoms with Crippen molar-refractivity contribution in [2.24, 2.45) is 11.7 Å². The fourth-order valence-corrected chi connectivity index (χ4v) is 2.52. The van der Waals surface area contributed by atoms with Gasteiger partial charge < -0.3 is 10.6 Å². The highest BCUT2D eigenvalue weighted by Crippen LogP contribution is 2.18. The molecule has 4 nitrogen and oxygen atoms in total. The van der Waals surface area contributed by atoms with Gasteiger partial charge in [-0.25, -0.2) is 0 Å². The molecule has 1 atom stereocenters. The third kappa shape index (κ3) is 3.04. The van der Waals surface area contributed by atoms with Crippen molar-refractivity contribution in [3.05, 3.63) is 28.5 Å². The number of carbonyl (C=O) groups excluding carboxylic acids is 1. The maximum atomic E-state index is 12.2. The van der Waals surface area contributed by atoms with Crippen molar-refractivity contribution in [2.75, 3.05) is 19.6 Å². The zero-order chi connectivity index (χ0) is 12.3. The molecule has 2 heterocycles. The summed E-state index contributed by atoms with van der Waals surface area (Å²) in [6.07, 6.45) is 5.45. The Morgan fingerprint density at radius 1 is 1.59 bits per heavy atom. The Hall–Kier alpha value is -0.940. The molecule has 0 bridgehead atoms. The Morgan fingerprint density at radius 3 is 3.12 bits per heavy atom. The Labute approximate surface area is 109 Å². The van der Waals surface area contributed by atoms with E-state index in [1.54, 1.807) is 18.5 Å². The first-order valence-electron chi connectivity index (χ1n) is 5.80. The van der Waals surface area contributed by atoms with Gasteiger partial charge in [0.25, 0.3) is 5.91 Å². The Kier molecular flexibility index (Phi) is 4.12. The van der Waals surface area contributed by atoms with Gasteiger partial charge in [0.05, 0.1) is 5.56 Å². The quantitative estimate of drug-likeness (QED) is 0.903. The minimum Gasteiger partial charge on any atom is -0.338 e. The lowest BCUT2D eigenvalue weighted by Crippen LogP contribution is -2.42. The van der Waals surface area contributed by atoms with E-state index in [1.165, 1.54) is 0 Å². The summed E-state index contributed by atoms with van der Waals surface area (Å²) >= 11 is 3.33. The molecule has 1 amide bonds. The van der Waals surface area contributed by atoms with E-state index in [0.29, 0.717) is 18.0 Å². The molecule has 0 spiro atoms. The molecule has 92 valence electrons. The SMILES string of the molecule is NCC1CCCN(C(=O)c2cncc(Br)c2)C1. The summed E-state index contributed by atoms with van der Waals surface area (Å²) in [6, 6.07) is 1.81. The average molecular weight is 298 g/mol. The molecule has 0 aliphatic carbocycles. The Bertz CT molecular complexity index is 410. The zero-order valence-corrected chi connectivity index (χ0v) is 11.2. The highest BCUT2D eigenvalue weighted by atomic mass is 79.9. The van der Waals surface area contributed by atoms with Crippen LogP contribution in [0, 0.1) is 5.92 Å². The number of aromatic nitrogens is 1. The van der Waals surface area contributed by atoms with Crippen LogP contribution in [0.1, 0.15) is 23.2 Å². The molecule has 2 rings (SSSR count). The van der Waals surface area contributed by atoms with E-state index in [0.717, 1.165) is 30.4 Å². The number of likely N-dealkylation sites (tertiary alicyclic amines) is 1. The molecular weight excluding hydrogens is 282 g/mol. The third-order valence-electron chi connectivity index (χ3n) is 3.09. The van der Waals surface area contributed by atoms with Crippen molar-refractivity contribution in [3.8, 4) is 0 Å². The summed E-state index contributed by atoms with van der Waals surface area (Å²) in [4.78, 5) is 18.1. The molecule has 0 saturated carbocycles. The number of carbonyl (C=O) groups is 1. The molecular formula is C12H16BrN3O. The number of rotatable bonds is 2. The second kappa shape index (κ2) is 5.60. The van der Waals surface area contributed by atoms with E-state index in [4.69, 9.17) is 5.73 Å². The smallest absolute Gasteiger partial charge is 0.255 e. The number of halogens is 1. The molecule has 17 heavy (non-hydrogen) atoms. The van der Waals surface area contributed by atoms with Gasteiger partial charge in [-0.1, -0.05) is 0 Å². The summed E-state index contributed by atoms with van der Waals surface area (Å²) in [5.41, 5.74) is 6.31. The molecule has 1 aliphatic rings. The van der Waals surface area contributed by atoms with Gasteiger partial charge in [0.15, 0.2) is 0 Å². The van der Waals surface area contributed by atoms with Crippen LogP contribution in [-0.2, 0) is 0 Å². The van der Waals surface area contributed by atoms with Crippen LogP contribution in [0.25, 0.3) is 0 Å². The van der Waals surface area contributed by atoms with Gasteiger partial charge in [0.2, 0.25) is 0 Å². The van der Waals surface area contributed by atoms with Gasteiger partial charge in [-0.3, -0.25) is 9.78 Å². The van der Waals surface area contributed by atoms with Crippen LogP contribution in [0.15, 0.2) is 22.9 Å². The van der Waals surface area contributed by atoms with Crippen LogP contribution in [0.2, 0.25) is 0 Å². The van der Waals surface area contributed by atoms with E-state index in [9.17, 15) is 4.79 Å². The van der Waals surface area contributed by atoms with Crippen molar-refractivity contribution in [3.63, 3.8) is 0 Å². The third-order valence-corrected chi connectivity index (χ3v) is 3.53. The minimum atomic E-state index is 0.0527. The number of piperidine rings is 1. The number of hydrogen-bond donors (Lipinski definition) is 1. The summed E-state index contributed by atoms with van der Waals surface area (Å²) in [6.45, 7) is 2.24. The van der Waals surface area contributed by atoms with Crippen molar-refractivity contribution in [2.45, 2.75) is 12.8 Å². The molecule has 5 heteroatoms. The maximum absolute atomic E-state index is 12.2. The largest absolute Gasteiger partial charge is 0.338 e.